The van der Waals surface area contributed by atoms with Gasteiger partial charge in [-0.05, 0) is 44.1 Å². The Hall–Kier alpha value is -2.60. The lowest BCUT2D eigenvalue weighted by atomic mass is 9.76. The second kappa shape index (κ2) is 10.0. The van der Waals surface area contributed by atoms with Crippen molar-refractivity contribution in [3.63, 3.8) is 0 Å². The van der Waals surface area contributed by atoms with Crippen LogP contribution in [0.1, 0.15) is 31.4 Å². The maximum absolute atomic E-state index is 13.1. The number of ketones is 1. The van der Waals surface area contributed by atoms with Gasteiger partial charge in [-0.15, -0.1) is 11.3 Å². The Labute approximate surface area is 214 Å². The largest absolute Gasteiger partial charge is 0.379 e. The molecule has 0 spiro atoms. The lowest BCUT2D eigenvalue weighted by molar-refractivity contribution is -0.126. The third-order valence-corrected chi connectivity index (χ3v) is 8.60. The molecule has 11 heteroatoms. The molecule has 36 heavy (non-hydrogen) atoms. The van der Waals surface area contributed by atoms with Crippen molar-refractivity contribution >= 4 is 44.9 Å². The van der Waals surface area contributed by atoms with Crippen molar-refractivity contribution in [1.82, 2.24) is 30.4 Å². The van der Waals surface area contributed by atoms with E-state index in [9.17, 15) is 4.79 Å². The molecule has 3 aromatic rings. The number of nitrogens with zero attached hydrogens (tertiary/aromatic N) is 5. The molecule has 3 aliphatic rings. The smallest absolute Gasteiger partial charge is 0.228 e. The quantitative estimate of drug-likeness (QED) is 0.442. The van der Waals surface area contributed by atoms with Crippen molar-refractivity contribution < 1.29 is 9.53 Å². The number of anilines is 3. The number of aryl methyl sites for hydroxylation is 1. The number of morpholine rings is 1. The Morgan fingerprint density at radius 1 is 1.22 bits per heavy atom. The number of rotatable bonds is 7. The van der Waals surface area contributed by atoms with Gasteiger partial charge in [-0.25, -0.2) is 4.98 Å². The van der Waals surface area contributed by atoms with Crippen molar-refractivity contribution in [3.05, 3.63) is 23.2 Å². The van der Waals surface area contributed by atoms with Gasteiger partial charge in [0.2, 0.25) is 5.95 Å². The summed E-state index contributed by atoms with van der Waals surface area (Å²) in [5.74, 6) is 2.80. The summed E-state index contributed by atoms with van der Waals surface area (Å²) >= 11 is 1.62. The van der Waals surface area contributed by atoms with E-state index in [2.05, 4.69) is 43.7 Å². The van der Waals surface area contributed by atoms with Gasteiger partial charge in [0.25, 0.3) is 0 Å². The molecule has 0 aliphatic carbocycles. The molecule has 3 saturated heterocycles. The van der Waals surface area contributed by atoms with Crippen molar-refractivity contribution in [1.29, 1.82) is 0 Å². The fraction of sp³-hybridized carbons (Fsp3) is 0.600. The molecule has 6 heterocycles. The van der Waals surface area contributed by atoms with E-state index in [0.717, 1.165) is 85.5 Å². The number of piperidine rings is 2. The van der Waals surface area contributed by atoms with Gasteiger partial charge in [0.05, 0.1) is 25.1 Å². The van der Waals surface area contributed by atoms with Gasteiger partial charge in [-0.2, -0.15) is 10.1 Å². The first kappa shape index (κ1) is 23.8. The van der Waals surface area contributed by atoms with Crippen LogP contribution in [-0.4, -0.2) is 88.9 Å². The molecule has 0 amide bonds. The lowest BCUT2D eigenvalue weighted by Gasteiger charge is -2.46. The van der Waals surface area contributed by atoms with Gasteiger partial charge < -0.3 is 20.3 Å². The van der Waals surface area contributed by atoms with Gasteiger partial charge in [0.15, 0.2) is 5.82 Å². The number of thiophene rings is 1. The topological polar surface area (TPSA) is 111 Å². The first-order valence-corrected chi connectivity index (χ1v) is 13.8. The summed E-state index contributed by atoms with van der Waals surface area (Å²) in [5, 5.41) is 17.5. The molecule has 10 nitrogen and oxygen atoms in total. The monoisotopic (exact) mass is 510 g/mol. The summed E-state index contributed by atoms with van der Waals surface area (Å²) < 4.78 is 5.43. The maximum atomic E-state index is 13.1. The summed E-state index contributed by atoms with van der Waals surface area (Å²) in [5.41, 5.74) is 0.994. The van der Waals surface area contributed by atoms with Crippen LogP contribution in [0.25, 0.3) is 10.2 Å². The summed E-state index contributed by atoms with van der Waals surface area (Å²) in [6, 6.07) is 5.04. The Morgan fingerprint density at radius 3 is 2.72 bits per heavy atom. The summed E-state index contributed by atoms with van der Waals surface area (Å²) in [4.78, 5) is 28.3. The fourth-order valence-corrected chi connectivity index (χ4v) is 6.64. The number of Topliss-reactive ketones (excluding diaryl/α,β-unsaturated/α-hetero) is 1. The van der Waals surface area contributed by atoms with E-state index in [-0.39, 0.29) is 5.92 Å². The molecule has 0 saturated carbocycles. The molecular weight excluding hydrogens is 476 g/mol. The highest BCUT2D eigenvalue weighted by Crippen LogP contribution is 2.35. The van der Waals surface area contributed by atoms with E-state index >= 15 is 0 Å². The number of fused-ring (bicyclic) bond motifs is 3. The van der Waals surface area contributed by atoms with Crippen LogP contribution in [0.5, 0.6) is 0 Å². The van der Waals surface area contributed by atoms with Crippen LogP contribution in [0.4, 0.5) is 17.6 Å². The van der Waals surface area contributed by atoms with Crippen LogP contribution in [0.3, 0.4) is 0 Å². The third-order valence-electron chi connectivity index (χ3n) is 7.79. The number of nitrogens with one attached hydrogen (secondary N) is 3. The first-order valence-electron chi connectivity index (χ1n) is 12.9. The molecule has 3 fully saturated rings. The van der Waals surface area contributed by atoms with Gasteiger partial charge in [-0.3, -0.25) is 14.8 Å². The zero-order chi connectivity index (χ0) is 24.6. The Balaban J connectivity index is 1.14. The number of aromatic nitrogens is 4. The number of hydrogen-bond donors (Lipinski definition) is 3. The molecule has 3 N–H and O–H groups in total. The van der Waals surface area contributed by atoms with Crippen LogP contribution in [-0.2, 0) is 9.53 Å². The van der Waals surface area contributed by atoms with E-state index in [0.29, 0.717) is 30.5 Å². The van der Waals surface area contributed by atoms with Crippen molar-refractivity contribution in [2.24, 2.45) is 5.92 Å². The van der Waals surface area contributed by atoms with Crippen molar-refractivity contribution in [3.8, 4) is 0 Å². The number of aromatic amines is 1. The fourth-order valence-electron chi connectivity index (χ4n) is 5.89. The molecule has 1 unspecified atom stereocenters. The minimum absolute atomic E-state index is 0.155. The van der Waals surface area contributed by atoms with Crippen LogP contribution in [0.2, 0.25) is 0 Å². The standard InChI is InChI=1S/C25H34N8O2S/c1-15-9-22(31-30-15)27-23-20-3-8-36-24(20)29-25(28-23)32(2)19-12-17-10-16(11-18(13-19)26-17)21(34)14-33-4-6-35-7-5-33/h3,8-9,16-19,26H,4-7,10-14H2,1-2H3,(H2,27,28,29,30,31)/t16?,17-,18+,19-. The van der Waals surface area contributed by atoms with Crippen LogP contribution >= 0.6 is 11.3 Å². The zero-order valence-corrected chi connectivity index (χ0v) is 21.7. The number of hydrogen-bond acceptors (Lipinski definition) is 10. The van der Waals surface area contributed by atoms with Crippen molar-refractivity contribution in [2.75, 3.05) is 50.1 Å². The second-order valence-corrected chi connectivity index (χ2v) is 11.3. The SMILES string of the molecule is Cc1cc(Nc2nc(N(C)[C@@H]3C[C@H]4CC(C(=O)CN5CCOCC5)C[C@@H](C3)N4)nc3sccc23)n[nH]1. The molecule has 0 aromatic carbocycles. The van der Waals surface area contributed by atoms with Crippen LogP contribution in [0, 0.1) is 12.8 Å². The summed E-state index contributed by atoms with van der Waals surface area (Å²) in [7, 11) is 2.10. The molecule has 3 aliphatic heterocycles. The zero-order valence-electron chi connectivity index (χ0n) is 20.9. The van der Waals surface area contributed by atoms with Gasteiger partial charge >= 0.3 is 0 Å². The molecule has 2 bridgehead atoms. The Bertz CT molecular complexity index is 1210. The minimum Gasteiger partial charge on any atom is -0.379 e. The third kappa shape index (κ3) is 4.97. The number of carbonyl (C=O) groups excluding carboxylic acids is 1. The van der Waals surface area contributed by atoms with E-state index in [1.165, 1.54) is 0 Å². The Morgan fingerprint density at radius 2 is 2.00 bits per heavy atom. The van der Waals surface area contributed by atoms with E-state index < -0.39 is 0 Å². The summed E-state index contributed by atoms with van der Waals surface area (Å²) in [6.07, 6.45) is 3.81. The van der Waals surface area contributed by atoms with E-state index in [1.807, 2.05) is 18.4 Å². The van der Waals surface area contributed by atoms with Gasteiger partial charge in [-0.1, -0.05) is 0 Å². The first-order chi connectivity index (χ1) is 17.5. The molecule has 6 rings (SSSR count). The number of ether oxygens (including phenoxy) is 1. The van der Waals surface area contributed by atoms with Gasteiger partial charge in [0.1, 0.15) is 16.4 Å². The predicted molar refractivity (Wildman–Crippen MR) is 141 cm³/mol. The average molecular weight is 511 g/mol. The highest BCUT2D eigenvalue weighted by atomic mass is 32.1. The van der Waals surface area contributed by atoms with Crippen LogP contribution < -0.4 is 15.5 Å². The molecular formula is C25H34N8O2S. The maximum Gasteiger partial charge on any atom is 0.228 e. The minimum atomic E-state index is 0.155. The average Bonchev–Trinajstić information content (AvgIpc) is 3.52. The predicted octanol–water partition coefficient (Wildman–Crippen LogP) is 2.70. The molecule has 3 aromatic heterocycles. The summed E-state index contributed by atoms with van der Waals surface area (Å²) in [6.45, 7) is 5.74. The molecule has 192 valence electrons. The normalized spacial score (nSPS) is 26.7. The van der Waals surface area contributed by atoms with Crippen molar-refractivity contribution in [2.45, 2.75) is 50.7 Å². The van der Waals surface area contributed by atoms with Crippen LogP contribution in [0.15, 0.2) is 17.5 Å². The molecule has 0 radical (unpaired) electrons. The second-order valence-electron chi connectivity index (χ2n) is 10.4. The highest BCUT2D eigenvalue weighted by molar-refractivity contribution is 7.16. The number of H-pyrrole nitrogens is 1. The molecule has 4 atom stereocenters. The van der Waals surface area contributed by atoms with E-state index in [1.54, 1.807) is 11.3 Å². The van der Waals surface area contributed by atoms with E-state index in [4.69, 9.17) is 14.7 Å². The Kier molecular flexibility index (Phi) is 6.63. The van der Waals surface area contributed by atoms with Gasteiger partial charge in [0, 0.05) is 55.9 Å². The number of carbonyl (C=O) groups is 1. The lowest BCUT2D eigenvalue weighted by Crippen LogP contribution is -2.57. The highest BCUT2D eigenvalue weighted by Gasteiger charge is 2.40.